The maximum absolute atomic E-state index is 14.3. The Hall–Kier alpha value is -5.38. The van der Waals surface area contributed by atoms with Gasteiger partial charge in [-0.15, -0.1) is 12.4 Å². The maximum atomic E-state index is 14.3. The van der Waals surface area contributed by atoms with Crippen LogP contribution in [-0.2, 0) is 36.8 Å². The zero-order valence-electron chi connectivity index (χ0n) is 36.1. The van der Waals surface area contributed by atoms with Gasteiger partial charge in [0.2, 0.25) is 29.4 Å². The number of amides is 4. The molecule has 4 bridgehead atoms. The first kappa shape index (κ1) is 51.0. The van der Waals surface area contributed by atoms with E-state index in [1.54, 1.807) is 48.5 Å². The van der Waals surface area contributed by atoms with Crippen LogP contribution < -0.4 is 36.5 Å². The smallest absolute Gasteiger partial charge is 0.335 e. The van der Waals surface area contributed by atoms with Crippen molar-refractivity contribution in [1.29, 1.82) is 0 Å². The number of carboxylic acid groups (broad SMARTS) is 1. The van der Waals surface area contributed by atoms with Gasteiger partial charge in [-0.3, -0.25) is 19.2 Å². The summed E-state index contributed by atoms with van der Waals surface area (Å²) < 4.78 is 11.8. The molecule has 340 valence electrons. The van der Waals surface area contributed by atoms with E-state index in [-0.39, 0.29) is 72.0 Å². The largest absolute Gasteiger partial charge is 0.504 e. The standard InChI is InChI=1S/C46H63N5O10.ClH/c1-5-6-7-8-9-10-11-12-16-19-39(53)48-33-24-30-20-21-37(33)61-38-27-31(26-36(52)42(38)60-4)40(41(54)46(58)59)51-45(57)34(23-29-17-14-13-15-18-29)50-44(56)35(25-30)49-43(55)32(47)22-28(2)3;/h13-15,17-18,20-21,24,26-28,32,34-35,40-41,52,54H,5-12,16,19,22-23,25,47H2,1-4H3,(H,48,53)(H,49,55)(H,50,56)(H,51,57)(H,58,59);1H/t32-,34+,35-,40-,41+;/m1./s1. The number of halogens is 1. The summed E-state index contributed by atoms with van der Waals surface area (Å²) in [7, 11) is 1.29. The molecule has 0 aliphatic carbocycles. The van der Waals surface area contributed by atoms with Crippen molar-refractivity contribution in [2.75, 3.05) is 12.4 Å². The van der Waals surface area contributed by atoms with E-state index in [1.807, 2.05) is 13.8 Å². The third-order valence-electron chi connectivity index (χ3n) is 10.6. The van der Waals surface area contributed by atoms with Gasteiger partial charge in [0.25, 0.3) is 0 Å². The average Bonchev–Trinajstić information content (AvgIpc) is 3.21. The van der Waals surface area contributed by atoms with E-state index in [0.29, 0.717) is 24.0 Å². The number of aliphatic carboxylic acids is 1. The van der Waals surface area contributed by atoms with Crippen LogP contribution in [0.4, 0.5) is 5.69 Å². The monoisotopic (exact) mass is 881 g/mol. The van der Waals surface area contributed by atoms with Crippen LogP contribution in [0.15, 0.2) is 60.7 Å². The lowest BCUT2D eigenvalue weighted by molar-refractivity contribution is -0.149. The quantitative estimate of drug-likeness (QED) is 0.0593. The van der Waals surface area contributed by atoms with Gasteiger partial charge in [-0.05, 0) is 59.7 Å². The molecule has 0 spiro atoms. The number of nitrogens with one attached hydrogen (secondary N) is 4. The van der Waals surface area contributed by atoms with Gasteiger partial charge in [0.15, 0.2) is 23.4 Å². The Bertz CT molecular complexity index is 1950. The third-order valence-corrected chi connectivity index (χ3v) is 10.6. The summed E-state index contributed by atoms with van der Waals surface area (Å²) in [5.41, 5.74) is 7.52. The number of hydrogen-bond acceptors (Lipinski definition) is 10. The first-order valence-electron chi connectivity index (χ1n) is 21.3. The lowest BCUT2D eigenvalue weighted by atomic mass is 9.97. The second-order valence-corrected chi connectivity index (χ2v) is 16.2. The van der Waals surface area contributed by atoms with E-state index in [4.69, 9.17) is 15.2 Å². The van der Waals surface area contributed by atoms with Crippen LogP contribution in [-0.4, -0.2) is 76.3 Å². The molecule has 3 aromatic rings. The molecule has 2 aliphatic rings. The third kappa shape index (κ3) is 15.5. The van der Waals surface area contributed by atoms with Crippen molar-refractivity contribution in [2.24, 2.45) is 11.7 Å². The molecule has 2 heterocycles. The van der Waals surface area contributed by atoms with Crippen molar-refractivity contribution in [3.05, 3.63) is 77.4 Å². The van der Waals surface area contributed by atoms with Gasteiger partial charge in [0.1, 0.15) is 12.1 Å². The summed E-state index contributed by atoms with van der Waals surface area (Å²) in [6.07, 6.45) is 7.87. The number of phenols is 1. The summed E-state index contributed by atoms with van der Waals surface area (Å²) in [5, 5.41) is 43.1. The van der Waals surface area contributed by atoms with Crippen LogP contribution in [0.1, 0.15) is 114 Å². The van der Waals surface area contributed by atoms with Crippen LogP contribution in [0.5, 0.6) is 23.0 Å². The highest BCUT2D eigenvalue weighted by molar-refractivity contribution is 5.94. The number of benzene rings is 3. The number of fused-ring (bicyclic) bond motifs is 9. The number of rotatable bonds is 20. The Labute approximate surface area is 370 Å². The average molecular weight is 882 g/mol. The predicted octanol–water partition coefficient (Wildman–Crippen LogP) is 6.22. The van der Waals surface area contributed by atoms with Crippen molar-refractivity contribution in [3.8, 4) is 23.0 Å². The fourth-order valence-electron chi connectivity index (χ4n) is 7.30. The Balaban J connectivity index is 0.0000102. The molecule has 9 N–H and O–H groups in total. The number of carboxylic acids is 1. The SMILES string of the molecule is CCCCCCCCCCCC(=O)Nc1cc2ccc1Oc1cc(cc(O)c1OC)[C@H]([C@H](O)C(=O)O)NC(=O)[C@H](Cc1ccccc1)NC(=O)[C@H](NC(=O)[C@H](N)CC(C)C)C2.Cl. The number of aliphatic hydroxyl groups is 1. The molecular formula is C46H64ClN5O10. The molecule has 62 heavy (non-hydrogen) atoms. The molecule has 0 unspecified atom stereocenters. The summed E-state index contributed by atoms with van der Waals surface area (Å²) in [6, 6.07) is 10.7. The van der Waals surface area contributed by atoms with E-state index >= 15 is 0 Å². The van der Waals surface area contributed by atoms with Gasteiger partial charge in [-0.1, -0.05) is 109 Å². The molecule has 3 aromatic carbocycles. The molecule has 0 aromatic heterocycles. The van der Waals surface area contributed by atoms with Crippen LogP contribution >= 0.6 is 12.4 Å². The van der Waals surface area contributed by atoms with E-state index < -0.39 is 59.7 Å². The van der Waals surface area contributed by atoms with Gasteiger partial charge >= 0.3 is 5.97 Å². The highest BCUT2D eigenvalue weighted by Gasteiger charge is 2.35. The normalized spacial score (nSPS) is 17.4. The summed E-state index contributed by atoms with van der Waals surface area (Å²) in [6.45, 7) is 6.01. The molecule has 4 amide bonds. The Kier molecular flexibility index (Phi) is 21.0. The van der Waals surface area contributed by atoms with E-state index in [2.05, 4.69) is 28.2 Å². The number of unbranched alkanes of at least 4 members (excludes halogenated alkanes) is 8. The van der Waals surface area contributed by atoms with Gasteiger partial charge in [0, 0.05) is 19.3 Å². The van der Waals surface area contributed by atoms with Gasteiger partial charge in [-0.25, -0.2) is 4.79 Å². The lowest BCUT2D eigenvalue weighted by Gasteiger charge is -2.28. The van der Waals surface area contributed by atoms with Crippen LogP contribution in [0, 0.1) is 5.92 Å². The fourth-order valence-corrected chi connectivity index (χ4v) is 7.30. The zero-order chi connectivity index (χ0) is 44.5. The molecule has 0 saturated carbocycles. The molecule has 16 heteroatoms. The van der Waals surface area contributed by atoms with E-state index in [1.165, 1.54) is 45.3 Å². The lowest BCUT2D eigenvalue weighted by Crippen LogP contribution is -2.57. The maximum Gasteiger partial charge on any atom is 0.335 e. The molecule has 5 rings (SSSR count). The molecule has 0 saturated heterocycles. The molecule has 15 nitrogen and oxygen atoms in total. The van der Waals surface area contributed by atoms with Gasteiger partial charge in [0.05, 0.1) is 24.9 Å². The Morgan fingerprint density at radius 1 is 0.903 bits per heavy atom. The number of methoxy groups -OCH3 is 1. The number of phenolic OH excluding ortho intramolecular Hbond substituents is 1. The van der Waals surface area contributed by atoms with Crippen LogP contribution in [0.25, 0.3) is 0 Å². The number of aliphatic hydroxyl groups excluding tert-OH is 1. The van der Waals surface area contributed by atoms with E-state index in [9.17, 15) is 39.3 Å². The number of ether oxygens (including phenoxy) is 2. The first-order chi connectivity index (χ1) is 29.2. The van der Waals surface area contributed by atoms with Gasteiger partial charge in [-0.2, -0.15) is 0 Å². The minimum atomic E-state index is -2.23. The summed E-state index contributed by atoms with van der Waals surface area (Å²) in [5.74, 6) is -4.77. The number of anilines is 1. The van der Waals surface area contributed by atoms with Crippen molar-refractivity contribution in [3.63, 3.8) is 0 Å². The molecule has 5 atom stereocenters. The first-order valence-corrected chi connectivity index (χ1v) is 21.3. The van der Waals surface area contributed by atoms with Crippen molar-refractivity contribution < 1.29 is 48.8 Å². The van der Waals surface area contributed by atoms with Crippen molar-refractivity contribution in [2.45, 2.75) is 135 Å². The molecule has 0 radical (unpaired) electrons. The highest BCUT2D eigenvalue weighted by atomic mass is 35.5. The molecule has 0 fully saturated rings. The summed E-state index contributed by atoms with van der Waals surface area (Å²) in [4.78, 5) is 67.7. The molecule has 2 aliphatic heterocycles. The van der Waals surface area contributed by atoms with Crippen LogP contribution in [0.3, 0.4) is 0 Å². The second-order valence-electron chi connectivity index (χ2n) is 16.2. The minimum absolute atomic E-state index is 0. The molecular weight excluding hydrogens is 818 g/mol. The van der Waals surface area contributed by atoms with Crippen LogP contribution in [0.2, 0.25) is 0 Å². The summed E-state index contributed by atoms with van der Waals surface area (Å²) >= 11 is 0. The van der Waals surface area contributed by atoms with E-state index in [0.717, 1.165) is 25.3 Å². The zero-order valence-corrected chi connectivity index (χ0v) is 36.9. The number of nitrogens with two attached hydrogens (primary N) is 1. The Morgan fingerprint density at radius 2 is 1.56 bits per heavy atom. The topological polar surface area (TPSA) is 239 Å². The number of aromatic hydroxyl groups is 1. The minimum Gasteiger partial charge on any atom is -0.504 e. The Morgan fingerprint density at radius 3 is 2.19 bits per heavy atom. The van der Waals surface area contributed by atoms with Crippen molar-refractivity contribution in [1.82, 2.24) is 16.0 Å². The number of carbonyl (C=O) groups is 5. The number of carbonyl (C=O) groups excluding carboxylic acids is 4. The highest BCUT2D eigenvalue weighted by Crippen LogP contribution is 2.43. The second kappa shape index (κ2) is 25.5. The number of hydrogen-bond donors (Lipinski definition) is 8. The predicted molar refractivity (Wildman–Crippen MR) is 239 cm³/mol. The van der Waals surface area contributed by atoms with Crippen molar-refractivity contribution >= 4 is 47.7 Å². The fraction of sp³-hybridized carbons (Fsp3) is 0.500. The van der Waals surface area contributed by atoms with Gasteiger partial charge < -0.3 is 51.8 Å².